The van der Waals surface area contributed by atoms with Crippen molar-refractivity contribution in [2.75, 3.05) is 0 Å². The molecule has 0 unspecified atom stereocenters. The van der Waals surface area contributed by atoms with Gasteiger partial charge in [0.2, 0.25) is 0 Å². The van der Waals surface area contributed by atoms with Crippen molar-refractivity contribution in [2.45, 2.75) is 6.42 Å². The highest BCUT2D eigenvalue weighted by atomic mass is 16.7. The van der Waals surface area contributed by atoms with E-state index in [0.717, 1.165) is 0 Å². The standard InChI is InChI=1S/C19H12N2O5/c22-16(10-12-9-11-5-1-2-6-13(11)17(23)20-12)26-21-18(24)14-7-3-4-8-15(14)19(21)25/h1-9H,10H2,(H,20,23). The largest absolute Gasteiger partial charge is 0.339 e. The molecule has 1 aromatic heterocycles. The van der Waals surface area contributed by atoms with Crippen molar-refractivity contribution in [3.05, 3.63) is 81.8 Å². The third-order valence-electron chi connectivity index (χ3n) is 4.09. The SMILES string of the molecule is O=C(Cc1cc2ccccc2c(=O)[nH]1)ON1C(=O)c2ccccc2C1=O. The summed E-state index contributed by atoms with van der Waals surface area (Å²) in [6.07, 6.45) is -0.284. The van der Waals surface area contributed by atoms with E-state index in [0.29, 0.717) is 21.5 Å². The fourth-order valence-corrected chi connectivity index (χ4v) is 2.90. The molecular formula is C19H12N2O5. The van der Waals surface area contributed by atoms with Crippen LogP contribution in [0.3, 0.4) is 0 Å². The van der Waals surface area contributed by atoms with Crippen LogP contribution in [0.2, 0.25) is 0 Å². The zero-order valence-electron chi connectivity index (χ0n) is 13.4. The summed E-state index contributed by atoms with van der Waals surface area (Å²) in [5.74, 6) is -2.21. The molecule has 128 valence electrons. The lowest BCUT2D eigenvalue weighted by atomic mass is 10.1. The van der Waals surface area contributed by atoms with Crippen LogP contribution in [0.1, 0.15) is 26.4 Å². The number of benzene rings is 2. The second-order valence-electron chi connectivity index (χ2n) is 5.80. The molecule has 0 saturated heterocycles. The molecule has 0 radical (unpaired) electrons. The lowest BCUT2D eigenvalue weighted by Gasteiger charge is -2.12. The van der Waals surface area contributed by atoms with Gasteiger partial charge in [-0.1, -0.05) is 35.4 Å². The molecule has 1 N–H and O–H groups in total. The quantitative estimate of drug-likeness (QED) is 0.729. The molecule has 7 nitrogen and oxygen atoms in total. The number of H-pyrrole nitrogens is 1. The zero-order valence-corrected chi connectivity index (χ0v) is 13.4. The number of carbonyl (C=O) groups excluding carboxylic acids is 3. The van der Waals surface area contributed by atoms with E-state index < -0.39 is 17.8 Å². The maximum Gasteiger partial charge on any atom is 0.339 e. The summed E-state index contributed by atoms with van der Waals surface area (Å²) >= 11 is 0. The molecule has 26 heavy (non-hydrogen) atoms. The Morgan fingerprint density at radius 2 is 1.54 bits per heavy atom. The Morgan fingerprint density at radius 1 is 0.923 bits per heavy atom. The maximum atomic E-state index is 12.2. The number of fused-ring (bicyclic) bond motifs is 2. The van der Waals surface area contributed by atoms with E-state index in [1.165, 1.54) is 12.1 Å². The van der Waals surface area contributed by atoms with Crippen molar-refractivity contribution < 1.29 is 19.2 Å². The van der Waals surface area contributed by atoms with Gasteiger partial charge < -0.3 is 9.82 Å². The highest BCUT2D eigenvalue weighted by Crippen LogP contribution is 2.23. The van der Waals surface area contributed by atoms with Crippen LogP contribution in [0.15, 0.2) is 59.4 Å². The molecular weight excluding hydrogens is 336 g/mol. The summed E-state index contributed by atoms with van der Waals surface area (Å²) in [4.78, 5) is 56.2. The number of nitrogens with zero attached hydrogens (tertiary/aromatic N) is 1. The first-order valence-corrected chi connectivity index (χ1v) is 7.84. The first-order chi connectivity index (χ1) is 12.5. The molecule has 2 amide bonds. The minimum Gasteiger partial charge on any atom is -0.329 e. The van der Waals surface area contributed by atoms with E-state index in [1.807, 2.05) is 0 Å². The molecule has 0 aliphatic carbocycles. The summed E-state index contributed by atoms with van der Waals surface area (Å²) in [7, 11) is 0. The van der Waals surface area contributed by atoms with Crippen molar-refractivity contribution in [3.8, 4) is 0 Å². The molecule has 2 aromatic carbocycles. The minimum atomic E-state index is -0.828. The summed E-state index contributed by atoms with van der Waals surface area (Å²) in [6.45, 7) is 0. The van der Waals surface area contributed by atoms with Crippen LogP contribution in [0.5, 0.6) is 0 Å². The third kappa shape index (κ3) is 2.55. The van der Waals surface area contributed by atoms with Crippen LogP contribution in [0.25, 0.3) is 10.8 Å². The van der Waals surface area contributed by atoms with Gasteiger partial charge in [0.25, 0.3) is 17.4 Å². The predicted octanol–water partition coefficient (Wildman–Crippen LogP) is 1.83. The molecule has 2 heterocycles. The molecule has 0 fully saturated rings. The first-order valence-electron chi connectivity index (χ1n) is 7.84. The zero-order chi connectivity index (χ0) is 18.3. The Kier molecular flexibility index (Phi) is 3.62. The number of hydroxylamine groups is 2. The topological polar surface area (TPSA) is 96.5 Å². The summed E-state index contributed by atoms with van der Waals surface area (Å²) in [5, 5.41) is 1.64. The highest BCUT2D eigenvalue weighted by Gasteiger charge is 2.38. The van der Waals surface area contributed by atoms with Gasteiger partial charge in [-0.25, -0.2) is 4.79 Å². The van der Waals surface area contributed by atoms with Crippen molar-refractivity contribution in [1.82, 2.24) is 10.0 Å². The number of carbonyl (C=O) groups is 3. The summed E-state index contributed by atoms with van der Waals surface area (Å²) in [5.41, 5.74) is 0.371. The number of aromatic amines is 1. The lowest BCUT2D eigenvalue weighted by Crippen LogP contribution is -2.33. The number of amides is 2. The van der Waals surface area contributed by atoms with E-state index in [2.05, 4.69) is 4.98 Å². The second kappa shape index (κ2) is 5.96. The smallest absolute Gasteiger partial charge is 0.329 e. The fourth-order valence-electron chi connectivity index (χ4n) is 2.90. The van der Waals surface area contributed by atoms with Gasteiger partial charge in [0.05, 0.1) is 17.5 Å². The lowest BCUT2D eigenvalue weighted by molar-refractivity contribution is -0.167. The van der Waals surface area contributed by atoms with E-state index in [-0.39, 0.29) is 23.1 Å². The van der Waals surface area contributed by atoms with Crippen LogP contribution in [0, 0.1) is 0 Å². The van der Waals surface area contributed by atoms with Crippen LogP contribution >= 0.6 is 0 Å². The molecule has 0 bridgehead atoms. The Bertz CT molecular complexity index is 1100. The molecule has 0 atom stereocenters. The van der Waals surface area contributed by atoms with Crippen LogP contribution in [0.4, 0.5) is 0 Å². The minimum absolute atomic E-state index is 0.185. The van der Waals surface area contributed by atoms with Gasteiger partial charge in [0.15, 0.2) is 0 Å². The van der Waals surface area contributed by atoms with E-state index >= 15 is 0 Å². The average molecular weight is 348 g/mol. The van der Waals surface area contributed by atoms with Crippen molar-refractivity contribution >= 4 is 28.6 Å². The number of nitrogens with one attached hydrogen (secondary N) is 1. The van der Waals surface area contributed by atoms with E-state index in [4.69, 9.17) is 4.84 Å². The van der Waals surface area contributed by atoms with Crippen LogP contribution in [-0.2, 0) is 16.1 Å². The Morgan fingerprint density at radius 3 is 2.23 bits per heavy atom. The van der Waals surface area contributed by atoms with Crippen molar-refractivity contribution in [2.24, 2.45) is 0 Å². The summed E-state index contributed by atoms with van der Waals surface area (Å²) in [6, 6.07) is 14.8. The Hall–Kier alpha value is -3.74. The second-order valence-corrected chi connectivity index (χ2v) is 5.80. The van der Waals surface area contributed by atoms with E-state index in [1.54, 1.807) is 42.5 Å². The average Bonchev–Trinajstić information content (AvgIpc) is 2.87. The predicted molar refractivity (Wildman–Crippen MR) is 91.3 cm³/mol. The number of imide groups is 1. The number of hydrogen-bond donors (Lipinski definition) is 1. The molecule has 0 spiro atoms. The molecule has 7 heteroatoms. The molecule has 1 aliphatic heterocycles. The van der Waals surface area contributed by atoms with Crippen LogP contribution in [-0.4, -0.2) is 27.8 Å². The molecule has 4 rings (SSSR count). The van der Waals surface area contributed by atoms with Crippen molar-refractivity contribution in [3.63, 3.8) is 0 Å². The number of hydrogen-bond acceptors (Lipinski definition) is 5. The van der Waals surface area contributed by atoms with Gasteiger partial charge in [0, 0.05) is 11.1 Å². The Labute approximate surface area is 146 Å². The maximum absolute atomic E-state index is 12.2. The number of rotatable bonds is 3. The van der Waals surface area contributed by atoms with Gasteiger partial charge in [0.1, 0.15) is 0 Å². The molecule has 3 aromatic rings. The van der Waals surface area contributed by atoms with Crippen molar-refractivity contribution in [1.29, 1.82) is 0 Å². The van der Waals surface area contributed by atoms with Gasteiger partial charge in [-0.2, -0.15) is 0 Å². The van der Waals surface area contributed by atoms with E-state index in [9.17, 15) is 19.2 Å². The summed E-state index contributed by atoms with van der Waals surface area (Å²) < 4.78 is 0. The van der Waals surface area contributed by atoms with Gasteiger partial charge >= 0.3 is 5.97 Å². The third-order valence-corrected chi connectivity index (χ3v) is 4.09. The monoisotopic (exact) mass is 348 g/mol. The molecule has 1 aliphatic rings. The Balaban J connectivity index is 1.54. The van der Waals surface area contributed by atoms with Gasteiger partial charge in [-0.3, -0.25) is 14.4 Å². The van der Waals surface area contributed by atoms with Crippen LogP contribution < -0.4 is 5.56 Å². The van der Waals surface area contributed by atoms with Gasteiger partial charge in [-0.05, 0) is 29.7 Å². The fraction of sp³-hybridized carbons (Fsp3) is 0.0526. The number of aromatic nitrogens is 1. The molecule has 0 saturated carbocycles. The van der Waals surface area contributed by atoms with Gasteiger partial charge in [-0.15, -0.1) is 0 Å². The number of pyridine rings is 1. The first kappa shape index (κ1) is 15.8. The normalized spacial score (nSPS) is 13.2. The highest BCUT2D eigenvalue weighted by molar-refractivity contribution is 6.20.